The lowest BCUT2D eigenvalue weighted by atomic mass is 10.0. The van der Waals surface area contributed by atoms with E-state index < -0.39 is 0 Å². The molecule has 1 aromatic carbocycles. The molecule has 17 heavy (non-hydrogen) atoms. The van der Waals surface area contributed by atoms with Crippen LogP contribution >= 0.6 is 27.3 Å². The van der Waals surface area contributed by atoms with Crippen molar-refractivity contribution < 1.29 is 4.39 Å². The first-order chi connectivity index (χ1) is 8.11. The molecule has 1 aromatic heterocycles. The van der Waals surface area contributed by atoms with Crippen LogP contribution in [0.15, 0.2) is 34.1 Å². The quantitative estimate of drug-likeness (QED) is 0.672. The van der Waals surface area contributed by atoms with Crippen molar-refractivity contribution in [3.63, 3.8) is 0 Å². The predicted octanol–water partition coefficient (Wildman–Crippen LogP) is 3.51. The summed E-state index contributed by atoms with van der Waals surface area (Å²) in [6.07, 6.45) is 0. The second-order valence-corrected chi connectivity index (χ2v) is 5.63. The number of halogens is 2. The molecule has 0 aliphatic heterocycles. The van der Waals surface area contributed by atoms with E-state index in [1.807, 2.05) is 18.4 Å². The first-order valence-electron chi connectivity index (χ1n) is 5.08. The molecule has 0 saturated carbocycles. The maximum absolute atomic E-state index is 13.3. The Morgan fingerprint density at radius 2 is 2.18 bits per heavy atom. The monoisotopic (exact) mass is 314 g/mol. The van der Waals surface area contributed by atoms with E-state index in [0.717, 1.165) is 20.5 Å². The van der Waals surface area contributed by atoms with Crippen LogP contribution in [0.25, 0.3) is 0 Å². The number of nitrogens with one attached hydrogen (secondary N) is 1. The molecule has 2 nitrogen and oxygen atoms in total. The smallest absolute Gasteiger partial charge is 0.123 e. The summed E-state index contributed by atoms with van der Waals surface area (Å²) in [4.78, 5) is 1.05. The summed E-state index contributed by atoms with van der Waals surface area (Å²) < 4.78 is 14.3. The van der Waals surface area contributed by atoms with Crippen LogP contribution in [0.1, 0.15) is 22.0 Å². The van der Waals surface area contributed by atoms with E-state index in [4.69, 9.17) is 5.84 Å². The van der Waals surface area contributed by atoms with Crippen LogP contribution in [0.4, 0.5) is 4.39 Å². The Labute approximate surface area is 112 Å². The maximum Gasteiger partial charge on any atom is 0.123 e. The van der Waals surface area contributed by atoms with Gasteiger partial charge in [-0.1, -0.05) is 6.07 Å². The molecule has 0 saturated heterocycles. The maximum atomic E-state index is 13.3. The standard InChI is InChI=1S/C12H12BrFN2S/c1-7-2-3-9(14)5-10(7)12(16-15)11-4-8(13)6-17-11/h2-6,12,16H,15H2,1H3. The minimum absolute atomic E-state index is 0.179. The number of rotatable bonds is 3. The van der Waals surface area contributed by atoms with Crippen LogP contribution in [-0.4, -0.2) is 0 Å². The zero-order valence-corrected chi connectivity index (χ0v) is 11.6. The van der Waals surface area contributed by atoms with Gasteiger partial charge in [-0.25, -0.2) is 9.82 Å². The van der Waals surface area contributed by atoms with Gasteiger partial charge in [0.05, 0.1) is 6.04 Å². The van der Waals surface area contributed by atoms with E-state index >= 15 is 0 Å². The summed E-state index contributed by atoms with van der Waals surface area (Å²) >= 11 is 4.98. The van der Waals surface area contributed by atoms with Crippen LogP contribution in [0.5, 0.6) is 0 Å². The Morgan fingerprint density at radius 1 is 1.41 bits per heavy atom. The Bertz CT molecular complexity index is 527. The van der Waals surface area contributed by atoms with Gasteiger partial charge in [0.1, 0.15) is 5.82 Å². The molecule has 5 heteroatoms. The second-order valence-electron chi connectivity index (χ2n) is 3.77. The van der Waals surface area contributed by atoms with Gasteiger partial charge >= 0.3 is 0 Å². The van der Waals surface area contributed by atoms with Gasteiger partial charge in [-0.3, -0.25) is 5.84 Å². The number of nitrogens with two attached hydrogens (primary N) is 1. The largest absolute Gasteiger partial charge is 0.271 e. The summed E-state index contributed by atoms with van der Waals surface area (Å²) in [7, 11) is 0. The molecule has 0 amide bonds. The highest BCUT2D eigenvalue weighted by atomic mass is 79.9. The van der Waals surface area contributed by atoms with Crippen LogP contribution in [0, 0.1) is 12.7 Å². The summed E-state index contributed by atoms with van der Waals surface area (Å²) in [6, 6.07) is 6.54. The number of hydrogen-bond donors (Lipinski definition) is 2. The molecule has 0 fully saturated rings. The molecule has 0 bridgehead atoms. The molecule has 2 rings (SSSR count). The topological polar surface area (TPSA) is 38.0 Å². The van der Waals surface area contributed by atoms with Crippen LogP contribution in [0.3, 0.4) is 0 Å². The van der Waals surface area contributed by atoms with Crippen molar-refractivity contribution in [1.82, 2.24) is 5.43 Å². The summed E-state index contributed by atoms with van der Waals surface area (Å²) in [5.74, 6) is 5.34. The van der Waals surface area contributed by atoms with Crippen molar-refractivity contribution in [2.75, 3.05) is 0 Å². The molecule has 1 atom stereocenters. The number of benzene rings is 1. The third-order valence-corrected chi connectivity index (χ3v) is 4.35. The minimum atomic E-state index is -0.249. The van der Waals surface area contributed by atoms with E-state index in [-0.39, 0.29) is 11.9 Å². The molecular formula is C12H12BrFN2S. The van der Waals surface area contributed by atoms with Crippen molar-refractivity contribution in [3.05, 3.63) is 55.9 Å². The third kappa shape index (κ3) is 2.74. The summed E-state index contributed by atoms with van der Waals surface area (Å²) in [6.45, 7) is 1.95. The Hall–Kier alpha value is -0.750. The lowest BCUT2D eigenvalue weighted by molar-refractivity contribution is 0.606. The molecule has 0 aliphatic carbocycles. The average molecular weight is 315 g/mol. The predicted molar refractivity (Wildman–Crippen MR) is 72.3 cm³/mol. The Morgan fingerprint density at radius 3 is 2.76 bits per heavy atom. The fourth-order valence-corrected chi connectivity index (χ4v) is 3.25. The SMILES string of the molecule is Cc1ccc(F)cc1C(NN)c1cc(Br)cs1. The van der Waals surface area contributed by atoms with Crippen molar-refractivity contribution in [2.24, 2.45) is 5.84 Å². The lowest BCUT2D eigenvalue weighted by Crippen LogP contribution is -2.28. The van der Waals surface area contributed by atoms with E-state index in [0.29, 0.717) is 0 Å². The van der Waals surface area contributed by atoms with Crippen LogP contribution in [-0.2, 0) is 0 Å². The Balaban J connectivity index is 2.45. The van der Waals surface area contributed by atoms with Gasteiger partial charge < -0.3 is 0 Å². The van der Waals surface area contributed by atoms with Gasteiger partial charge in [0.25, 0.3) is 0 Å². The van der Waals surface area contributed by atoms with Gasteiger partial charge in [0, 0.05) is 14.7 Å². The highest BCUT2D eigenvalue weighted by Crippen LogP contribution is 2.31. The molecule has 2 aromatic rings. The normalized spacial score (nSPS) is 12.7. The van der Waals surface area contributed by atoms with Crippen molar-refractivity contribution in [2.45, 2.75) is 13.0 Å². The average Bonchev–Trinajstić information content (AvgIpc) is 2.71. The number of hydrogen-bond acceptors (Lipinski definition) is 3. The van der Waals surface area contributed by atoms with Gasteiger partial charge in [-0.15, -0.1) is 11.3 Å². The number of aryl methyl sites for hydroxylation is 1. The minimum Gasteiger partial charge on any atom is -0.271 e. The zero-order chi connectivity index (χ0) is 12.4. The molecular weight excluding hydrogens is 303 g/mol. The number of thiophene rings is 1. The molecule has 1 unspecified atom stereocenters. The van der Waals surface area contributed by atoms with Gasteiger partial charge in [0.15, 0.2) is 0 Å². The van der Waals surface area contributed by atoms with Gasteiger partial charge in [-0.2, -0.15) is 0 Å². The highest BCUT2D eigenvalue weighted by molar-refractivity contribution is 9.10. The third-order valence-electron chi connectivity index (χ3n) is 2.59. The molecule has 0 radical (unpaired) electrons. The van der Waals surface area contributed by atoms with Crippen LogP contribution < -0.4 is 11.3 Å². The Kier molecular flexibility index (Phi) is 3.93. The first kappa shape index (κ1) is 12.7. The van der Waals surface area contributed by atoms with Crippen LogP contribution in [0.2, 0.25) is 0 Å². The fraction of sp³-hybridized carbons (Fsp3) is 0.167. The van der Waals surface area contributed by atoms with Gasteiger partial charge in [0.2, 0.25) is 0 Å². The van der Waals surface area contributed by atoms with E-state index in [2.05, 4.69) is 21.4 Å². The van der Waals surface area contributed by atoms with Crippen molar-refractivity contribution >= 4 is 27.3 Å². The van der Waals surface area contributed by atoms with E-state index in [1.54, 1.807) is 17.4 Å². The molecule has 0 spiro atoms. The molecule has 90 valence electrons. The second kappa shape index (κ2) is 5.27. The summed E-state index contributed by atoms with van der Waals surface area (Å²) in [5.41, 5.74) is 4.61. The summed E-state index contributed by atoms with van der Waals surface area (Å²) in [5, 5.41) is 1.98. The van der Waals surface area contributed by atoms with E-state index in [9.17, 15) is 4.39 Å². The molecule has 0 aliphatic rings. The highest BCUT2D eigenvalue weighted by Gasteiger charge is 2.17. The fourth-order valence-electron chi connectivity index (χ4n) is 1.73. The first-order valence-corrected chi connectivity index (χ1v) is 6.75. The number of hydrazine groups is 1. The molecule has 3 N–H and O–H groups in total. The molecule has 1 heterocycles. The van der Waals surface area contributed by atoms with Crippen molar-refractivity contribution in [1.29, 1.82) is 0 Å². The van der Waals surface area contributed by atoms with Gasteiger partial charge in [-0.05, 0) is 52.2 Å². The van der Waals surface area contributed by atoms with E-state index in [1.165, 1.54) is 12.1 Å². The lowest BCUT2D eigenvalue weighted by Gasteiger charge is -2.17. The van der Waals surface area contributed by atoms with Crippen molar-refractivity contribution in [3.8, 4) is 0 Å². The zero-order valence-electron chi connectivity index (χ0n) is 9.21.